The Kier molecular flexibility index (Phi) is 4.13. The van der Waals surface area contributed by atoms with Gasteiger partial charge < -0.3 is 9.72 Å². The fraction of sp³-hybridized carbons (Fsp3) is 0.125. The number of halogens is 6. The zero-order chi connectivity index (χ0) is 19.1. The van der Waals surface area contributed by atoms with E-state index in [0.717, 1.165) is 0 Å². The van der Waals surface area contributed by atoms with E-state index in [1.807, 2.05) is 0 Å². The number of aromatic amines is 1. The second-order valence-electron chi connectivity index (χ2n) is 5.20. The van der Waals surface area contributed by atoms with Crippen LogP contribution in [0.2, 0.25) is 0 Å². The van der Waals surface area contributed by atoms with Crippen molar-refractivity contribution in [1.29, 1.82) is 0 Å². The Morgan fingerprint density at radius 1 is 0.923 bits per heavy atom. The van der Waals surface area contributed by atoms with Gasteiger partial charge in [0.25, 0.3) is 5.88 Å². The van der Waals surface area contributed by atoms with Gasteiger partial charge in [-0.05, 0) is 30.3 Å². The van der Waals surface area contributed by atoms with Crippen molar-refractivity contribution >= 4 is 11.0 Å². The quantitative estimate of drug-likeness (QED) is 0.659. The number of nitrogens with one attached hydrogen (secondary N) is 1. The van der Waals surface area contributed by atoms with E-state index >= 15 is 0 Å². The highest BCUT2D eigenvalue weighted by atomic mass is 19.4. The molecule has 0 unspecified atom stereocenters. The van der Waals surface area contributed by atoms with Gasteiger partial charge in [0.1, 0.15) is 5.75 Å². The molecule has 10 heteroatoms. The van der Waals surface area contributed by atoms with Crippen LogP contribution in [0.3, 0.4) is 0 Å². The number of nitrogens with zero attached hydrogens (tertiary/aromatic N) is 1. The maximum Gasteiger partial charge on any atom is 0.420 e. The Labute approximate surface area is 141 Å². The van der Waals surface area contributed by atoms with E-state index in [0.29, 0.717) is 17.6 Å². The van der Waals surface area contributed by atoms with Crippen LogP contribution >= 0.6 is 0 Å². The van der Waals surface area contributed by atoms with E-state index in [2.05, 4.69) is 9.97 Å². The van der Waals surface area contributed by atoms with Crippen LogP contribution in [0.4, 0.5) is 26.3 Å². The molecule has 0 aliphatic heterocycles. The minimum absolute atomic E-state index is 0.0788. The van der Waals surface area contributed by atoms with Gasteiger partial charge in [-0.3, -0.25) is 4.79 Å². The second kappa shape index (κ2) is 6.04. The molecular formula is C16H8F6N2O2. The lowest BCUT2D eigenvalue weighted by Gasteiger charge is -2.15. The van der Waals surface area contributed by atoms with Crippen molar-refractivity contribution < 1.29 is 31.1 Å². The van der Waals surface area contributed by atoms with Gasteiger partial charge in [-0.15, -0.1) is 0 Å². The van der Waals surface area contributed by atoms with E-state index in [4.69, 9.17) is 4.74 Å². The second-order valence-corrected chi connectivity index (χ2v) is 5.20. The predicted molar refractivity (Wildman–Crippen MR) is 78.9 cm³/mol. The molecular weight excluding hydrogens is 366 g/mol. The zero-order valence-corrected chi connectivity index (χ0v) is 12.6. The van der Waals surface area contributed by atoms with Gasteiger partial charge in [0.15, 0.2) is 0 Å². The summed E-state index contributed by atoms with van der Waals surface area (Å²) in [4.78, 5) is 18.1. The molecule has 136 valence electrons. The van der Waals surface area contributed by atoms with Crippen LogP contribution in [0.25, 0.3) is 11.0 Å². The van der Waals surface area contributed by atoms with Crippen LogP contribution in [0.15, 0.2) is 47.3 Å². The molecule has 2 aromatic carbocycles. The maximum absolute atomic E-state index is 13.1. The van der Waals surface area contributed by atoms with Crippen molar-refractivity contribution in [2.75, 3.05) is 0 Å². The summed E-state index contributed by atoms with van der Waals surface area (Å²) >= 11 is 0. The number of alkyl halides is 6. The van der Waals surface area contributed by atoms with Crippen molar-refractivity contribution in [2.24, 2.45) is 0 Å². The summed E-state index contributed by atoms with van der Waals surface area (Å²) in [6, 6.07) is 7.05. The summed E-state index contributed by atoms with van der Waals surface area (Å²) in [6.07, 6.45) is -10.1. The molecule has 0 fully saturated rings. The number of aromatic nitrogens is 2. The number of hydrogen-bond donors (Lipinski definition) is 1. The molecule has 0 radical (unpaired) electrons. The first-order chi connectivity index (χ1) is 12.1. The number of rotatable bonds is 2. The van der Waals surface area contributed by atoms with Gasteiger partial charge in [-0.2, -0.15) is 26.3 Å². The van der Waals surface area contributed by atoms with Crippen LogP contribution < -0.4 is 10.3 Å². The molecule has 0 aliphatic rings. The summed E-state index contributed by atoms with van der Waals surface area (Å²) < 4.78 is 82.3. The van der Waals surface area contributed by atoms with Gasteiger partial charge in [0, 0.05) is 0 Å². The van der Waals surface area contributed by atoms with Crippen molar-refractivity contribution in [3.8, 4) is 11.6 Å². The third kappa shape index (κ3) is 3.48. The van der Waals surface area contributed by atoms with Crippen molar-refractivity contribution in [2.45, 2.75) is 12.4 Å². The topological polar surface area (TPSA) is 55.0 Å². The minimum atomic E-state index is -5.12. The summed E-state index contributed by atoms with van der Waals surface area (Å²) in [5.74, 6) is -1.67. The predicted octanol–water partition coefficient (Wildman–Crippen LogP) is 4.75. The molecule has 0 saturated carbocycles. The van der Waals surface area contributed by atoms with E-state index in [1.165, 1.54) is 12.1 Å². The number of ether oxygens (including phenoxy) is 1. The summed E-state index contributed by atoms with van der Waals surface area (Å²) in [7, 11) is 0. The van der Waals surface area contributed by atoms with Crippen LogP contribution in [-0.2, 0) is 12.4 Å². The van der Waals surface area contributed by atoms with Crippen molar-refractivity contribution in [3.63, 3.8) is 0 Å². The number of benzene rings is 2. The lowest BCUT2D eigenvalue weighted by molar-refractivity contribution is -0.143. The Balaban J connectivity index is 2.10. The normalized spacial score (nSPS) is 12.4. The molecule has 0 saturated heterocycles. The Morgan fingerprint density at radius 2 is 1.62 bits per heavy atom. The highest BCUT2D eigenvalue weighted by molar-refractivity contribution is 5.74. The number of fused-ring (bicyclic) bond motifs is 1. The third-order valence-electron chi connectivity index (χ3n) is 3.39. The highest BCUT2D eigenvalue weighted by Crippen LogP contribution is 2.41. The van der Waals surface area contributed by atoms with E-state index in [-0.39, 0.29) is 11.6 Å². The fourth-order valence-corrected chi connectivity index (χ4v) is 2.20. The van der Waals surface area contributed by atoms with E-state index < -0.39 is 40.7 Å². The molecule has 0 spiro atoms. The molecule has 1 aromatic heterocycles. The molecule has 26 heavy (non-hydrogen) atoms. The van der Waals surface area contributed by atoms with Crippen LogP contribution in [0.5, 0.6) is 11.6 Å². The summed E-state index contributed by atoms with van der Waals surface area (Å²) in [5.41, 5.74) is -3.51. The van der Waals surface area contributed by atoms with Gasteiger partial charge >= 0.3 is 17.9 Å². The van der Waals surface area contributed by atoms with Crippen molar-refractivity contribution in [3.05, 3.63) is 63.9 Å². The molecule has 0 amide bonds. The van der Waals surface area contributed by atoms with Gasteiger partial charge in [0.2, 0.25) is 0 Å². The molecule has 0 bridgehead atoms. The standard InChI is InChI=1S/C16H8F6N2O2/c17-15(18,19)8-5-6-12(9(7-8)16(20,21)22)26-14-13(25)23-10-3-1-2-4-11(10)24-14/h1-7H,(H,23,25). The SMILES string of the molecule is O=c1[nH]c2ccccc2nc1Oc1ccc(C(F)(F)F)cc1C(F)(F)F. The Morgan fingerprint density at radius 3 is 2.27 bits per heavy atom. The molecule has 0 aliphatic carbocycles. The summed E-state index contributed by atoms with van der Waals surface area (Å²) in [5, 5.41) is 0. The van der Waals surface area contributed by atoms with Crippen LogP contribution in [0, 0.1) is 0 Å². The minimum Gasteiger partial charge on any atom is -0.434 e. The molecule has 3 rings (SSSR count). The van der Waals surface area contributed by atoms with Crippen LogP contribution in [-0.4, -0.2) is 9.97 Å². The molecule has 4 nitrogen and oxygen atoms in total. The smallest absolute Gasteiger partial charge is 0.420 e. The van der Waals surface area contributed by atoms with Gasteiger partial charge in [0.05, 0.1) is 22.2 Å². The number of para-hydroxylation sites is 2. The third-order valence-corrected chi connectivity index (χ3v) is 3.39. The first-order valence-electron chi connectivity index (χ1n) is 7.01. The van der Waals surface area contributed by atoms with E-state index in [9.17, 15) is 31.1 Å². The fourth-order valence-electron chi connectivity index (χ4n) is 2.20. The van der Waals surface area contributed by atoms with Crippen molar-refractivity contribution in [1.82, 2.24) is 9.97 Å². The molecule has 1 heterocycles. The Hall–Kier alpha value is -3.04. The average Bonchev–Trinajstić information content (AvgIpc) is 2.54. The Bertz CT molecular complexity index is 1020. The highest BCUT2D eigenvalue weighted by Gasteiger charge is 2.39. The molecule has 0 atom stereocenters. The molecule has 1 N–H and O–H groups in total. The lowest BCUT2D eigenvalue weighted by Crippen LogP contribution is -2.15. The molecule has 3 aromatic rings. The van der Waals surface area contributed by atoms with E-state index in [1.54, 1.807) is 12.1 Å². The van der Waals surface area contributed by atoms with Gasteiger partial charge in [-0.25, -0.2) is 4.98 Å². The monoisotopic (exact) mass is 374 g/mol. The maximum atomic E-state index is 13.1. The lowest BCUT2D eigenvalue weighted by atomic mass is 10.1. The first-order valence-corrected chi connectivity index (χ1v) is 7.01. The van der Waals surface area contributed by atoms with Gasteiger partial charge in [-0.1, -0.05) is 12.1 Å². The average molecular weight is 374 g/mol. The zero-order valence-electron chi connectivity index (χ0n) is 12.6. The first kappa shape index (κ1) is 17.8. The number of H-pyrrole nitrogens is 1. The number of hydrogen-bond acceptors (Lipinski definition) is 3. The largest absolute Gasteiger partial charge is 0.434 e. The van der Waals surface area contributed by atoms with Crippen LogP contribution in [0.1, 0.15) is 11.1 Å². The summed E-state index contributed by atoms with van der Waals surface area (Å²) in [6.45, 7) is 0.